The topological polar surface area (TPSA) is 53.5 Å². The van der Waals surface area contributed by atoms with Crippen molar-refractivity contribution in [1.82, 2.24) is 10.7 Å². The molecule has 9 heavy (non-hydrogen) atoms. The normalized spacial score (nSPS) is 18.2. The first-order valence-corrected chi connectivity index (χ1v) is 2.81. The van der Waals surface area contributed by atoms with Crippen LogP contribution in [-0.4, -0.2) is 17.2 Å². The van der Waals surface area contributed by atoms with E-state index in [0.29, 0.717) is 0 Å². The van der Waals surface area contributed by atoms with Crippen LogP contribution >= 0.6 is 12.2 Å². The molecule has 2 N–H and O–H groups in total. The SMILES string of the molecule is O=C1CC=NNC(=S)N1. The van der Waals surface area contributed by atoms with E-state index in [1.807, 2.05) is 0 Å². The zero-order valence-electron chi connectivity index (χ0n) is 4.55. The molecule has 0 bridgehead atoms. The predicted octanol–water partition coefficient (Wildman–Crippen LogP) is -0.633. The standard InChI is InChI=1S/C4H5N3OS/c8-3-1-2-5-7-4(9)6-3/h2H,1H2,(H2,6,7,8,9). The second kappa shape index (κ2) is 2.54. The van der Waals surface area contributed by atoms with Gasteiger partial charge in [-0.25, -0.2) is 0 Å². The van der Waals surface area contributed by atoms with Crippen molar-refractivity contribution in [1.29, 1.82) is 0 Å². The summed E-state index contributed by atoms with van der Waals surface area (Å²) in [4.78, 5) is 10.6. The first kappa shape index (κ1) is 6.15. The van der Waals surface area contributed by atoms with Crippen LogP contribution in [0.3, 0.4) is 0 Å². The number of carbonyl (C=O) groups excluding carboxylic acids is 1. The third-order valence-electron chi connectivity index (χ3n) is 0.787. The summed E-state index contributed by atoms with van der Waals surface area (Å²) in [5, 5.41) is 6.26. The van der Waals surface area contributed by atoms with Crippen molar-refractivity contribution >= 4 is 29.5 Å². The number of hydrogen-bond donors (Lipinski definition) is 2. The van der Waals surface area contributed by atoms with Crippen LogP contribution in [0.5, 0.6) is 0 Å². The summed E-state index contributed by atoms with van der Waals surface area (Å²) in [5.74, 6) is -0.131. The number of nitrogens with one attached hydrogen (secondary N) is 2. The molecule has 1 rings (SSSR count). The molecule has 0 aromatic rings. The zero-order valence-corrected chi connectivity index (χ0v) is 5.36. The smallest absolute Gasteiger partial charge is 0.231 e. The van der Waals surface area contributed by atoms with Crippen molar-refractivity contribution in [2.75, 3.05) is 0 Å². The largest absolute Gasteiger partial charge is 0.301 e. The van der Waals surface area contributed by atoms with Gasteiger partial charge in [0.2, 0.25) is 5.91 Å². The summed E-state index contributed by atoms with van der Waals surface area (Å²) in [5.41, 5.74) is 2.44. The summed E-state index contributed by atoms with van der Waals surface area (Å²) in [6, 6.07) is 0. The lowest BCUT2D eigenvalue weighted by Crippen LogP contribution is -2.34. The Morgan fingerprint density at radius 3 is 3.33 bits per heavy atom. The van der Waals surface area contributed by atoms with Crippen LogP contribution in [-0.2, 0) is 4.79 Å². The highest BCUT2D eigenvalue weighted by Crippen LogP contribution is 1.79. The lowest BCUT2D eigenvalue weighted by molar-refractivity contribution is -0.118. The van der Waals surface area contributed by atoms with Gasteiger partial charge < -0.3 is 5.32 Å². The third kappa shape index (κ3) is 1.77. The first-order chi connectivity index (χ1) is 4.29. The Balaban J connectivity index is 2.60. The Morgan fingerprint density at radius 1 is 1.78 bits per heavy atom. The number of carbonyl (C=O) groups is 1. The average molecular weight is 143 g/mol. The minimum Gasteiger partial charge on any atom is -0.301 e. The predicted molar refractivity (Wildman–Crippen MR) is 37.0 cm³/mol. The Kier molecular flexibility index (Phi) is 1.74. The highest BCUT2D eigenvalue weighted by molar-refractivity contribution is 7.80. The van der Waals surface area contributed by atoms with Gasteiger partial charge in [0.15, 0.2) is 5.11 Å². The summed E-state index contributed by atoms with van der Waals surface area (Å²) in [6.07, 6.45) is 1.75. The Morgan fingerprint density at radius 2 is 2.56 bits per heavy atom. The molecule has 1 aliphatic heterocycles. The maximum atomic E-state index is 10.6. The van der Waals surface area contributed by atoms with E-state index in [2.05, 4.69) is 28.1 Å². The van der Waals surface area contributed by atoms with Crippen molar-refractivity contribution in [3.8, 4) is 0 Å². The number of thiocarbonyl (C=S) groups is 1. The molecule has 1 heterocycles. The van der Waals surface area contributed by atoms with Crippen LogP contribution in [0.15, 0.2) is 5.10 Å². The Hall–Kier alpha value is -0.970. The van der Waals surface area contributed by atoms with Gasteiger partial charge in [-0.15, -0.1) is 0 Å². The maximum Gasteiger partial charge on any atom is 0.231 e. The molecule has 0 aliphatic carbocycles. The minimum atomic E-state index is -0.131. The molecule has 0 unspecified atom stereocenters. The van der Waals surface area contributed by atoms with Gasteiger partial charge in [-0.2, -0.15) is 5.10 Å². The van der Waals surface area contributed by atoms with Crippen molar-refractivity contribution in [3.05, 3.63) is 0 Å². The van der Waals surface area contributed by atoms with Gasteiger partial charge in [0.05, 0.1) is 6.42 Å². The van der Waals surface area contributed by atoms with Gasteiger partial charge >= 0.3 is 0 Å². The fourth-order valence-electron chi connectivity index (χ4n) is 0.438. The molecule has 1 amide bonds. The van der Waals surface area contributed by atoms with Gasteiger partial charge in [0.1, 0.15) is 0 Å². The average Bonchev–Trinajstić information content (AvgIpc) is 1.93. The third-order valence-corrected chi connectivity index (χ3v) is 0.980. The van der Waals surface area contributed by atoms with Crippen molar-refractivity contribution in [3.63, 3.8) is 0 Å². The lowest BCUT2D eigenvalue weighted by Gasteiger charge is -1.97. The second-order valence-corrected chi connectivity index (χ2v) is 1.91. The van der Waals surface area contributed by atoms with Crippen molar-refractivity contribution in [2.24, 2.45) is 5.10 Å². The van der Waals surface area contributed by atoms with Crippen LogP contribution < -0.4 is 10.7 Å². The molecule has 0 saturated carbocycles. The summed E-state index contributed by atoms with van der Waals surface area (Å²) >= 11 is 4.61. The van der Waals surface area contributed by atoms with E-state index in [1.54, 1.807) is 0 Å². The van der Waals surface area contributed by atoms with Crippen LogP contribution in [0.2, 0.25) is 0 Å². The number of nitrogens with zero attached hydrogens (tertiary/aromatic N) is 1. The molecule has 0 fully saturated rings. The quantitative estimate of drug-likeness (QED) is 0.444. The number of hydrazone groups is 1. The Bertz CT molecular complexity index is 159. The van der Waals surface area contributed by atoms with Crippen molar-refractivity contribution < 1.29 is 4.79 Å². The highest BCUT2D eigenvalue weighted by atomic mass is 32.1. The molecule has 1 aliphatic rings. The van der Waals surface area contributed by atoms with Gasteiger partial charge in [-0.3, -0.25) is 10.2 Å². The molecule has 0 radical (unpaired) electrons. The molecule has 48 valence electrons. The molecular weight excluding hydrogens is 138 g/mol. The minimum absolute atomic E-state index is 0.131. The molecular formula is C4H5N3OS. The van der Waals surface area contributed by atoms with Gasteiger partial charge in [0.25, 0.3) is 0 Å². The number of amides is 1. The zero-order chi connectivity index (χ0) is 6.69. The highest BCUT2D eigenvalue weighted by Gasteiger charge is 2.03. The van der Waals surface area contributed by atoms with E-state index in [1.165, 1.54) is 6.21 Å². The van der Waals surface area contributed by atoms with E-state index >= 15 is 0 Å². The van der Waals surface area contributed by atoms with Gasteiger partial charge in [0, 0.05) is 6.21 Å². The lowest BCUT2D eigenvalue weighted by atomic mass is 10.4. The van der Waals surface area contributed by atoms with Crippen LogP contribution in [0.4, 0.5) is 0 Å². The first-order valence-electron chi connectivity index (χ1n) is 2.40. The monoisotopic (exact) mass is 143 g/mol. The number of hydrogen-bond acceptors (Lipinski definition) is 3. The van der Waals surface area contributed by atoms with E-state index in [9.17, 15) is 4.79 Å². The molecule has 0 saturated heterocycles. The molecule has 0 aromatic carbocycles. The van der Waals surface area contributed by atoms with Crippen LogP contribution in [0.1, 0.15) is 6.42 Å². The van der Waals surface area contributed by atoms with Crippen molar-refractivity contribution in [2.45, 2.75) is 6.42 Å². The van der Waals surface area contributed by atoms with E-state index in [4.69, 9.17) is 0 Å². The van der Waals surface area contributed by atoms with Crippen LogP contribution in [0.25, 0.3) is 0 Å². The van der Waals surface area contributed by atoms with E-state index < -0.39 is 0 Å². The van der Waals surface area contributed by atoms with Crippen LogP contribution in [0, 0.1) is 0 Å². The summed E-state index contributed by atoms with van der Waals surface area (Å²) in [6.45, 7) is 0. The molecule has 0 spiro atoms. The second-order valence-electron chi connectivity index (χ2n) is 1.50. The Labute approximate surface area is 57.3 Å². The van der Waals surface area contributed by atoms with Gasteiger partial charge in [-0.1, -0.05) is 0 Å². The summed E-state index contributed by atoms with van der Waals surface area (Å²) in [7, 11) is 0. The van der Waals surface area contributed by atoms with Gasteiger partial charge in [-0.05, 0) is 12.2 Å². The molecule has 4 nitrogen and oxygen atoms in total. The maximum absolute atomic E-state index is 10.6. The van der Waals surface area contributed by atoms with E-state index in [0.717, 1.165) is 0 Å². The summed E-state index contributed by atoms with van der Waals surface area (Å²) < 4.78 is 0. The molecule has 0 atom stereocenters. The molecule has 5 heteroatoms. The van der Waals surface area contributed by atoms with E-state index in [-0.39, 0.29) is 17.4 Å². The fourth-order valence-corrected chi connectivity index (χ4v) is 0.605. The fraction of sp³-hybridized carbons (Fsp3) is 0.250. The number of rotatable bonds is 0. The molecule has 0 aromatic heterocycles.